The summed E-state index contributed by atoms with van der Waals surface area (Å²) in [5.41, 5.74) is 4.94. The highest BCUT2D eigenvalue weighted by Gasteiger charge is 2.36. The first kappa shape index (κ1) is 11.6. The summed E-state index contributed by atoms with van der Waals surface area (Å²) in [6, 6.07) is -0.944. The number of thiazole rings is 1. The molecule has 1 aromatic heterocycles. The minimum Gasteiger partial charge on any atom is -0.480 e. The molecular formula is C8H11BrN2O2S. The molecule has 0 saturated carbocycles. The van der Waals surface area contributed by atoms with Gasteiger partial charge in [-0.25, -0.2) is 4.98 Å². The molecule has 0 fully saturated rings. The van der Waals surface area contributed by atoms with Gasteiger partial charge in [0.2, 0.25) is 0 Å². The topological polar surface area (TPSA) is 76.2 Å². The monoisotopic (exact) mass is 278 g/mol. The highest BCUT2D eigenvalue weighted by molar-refractivity contribution is 9.11. The van der Waals surface area contributed by atoms with Crippen molar-refractivity contribution in [1.82, 2.24) is 4.98 Å². The molecule has 0 radical (unpaired) electrons. The number of nitrogens with zero attached hydrogens (tertiary/aromatic N) is 1. The van der Waals surface area contributed by atoms with Crippen LogP contribution < -0.4 is 5.73 Å². The lowest BCUT2D eigenvalue weighted by Gasteiger charge is -2.25. The summed E-state index contributed by atoms with van der Waals surface area (Å²) in [6.45, 7) is 3.55. The van der Waals surface area contributed by atoms with Crippen molar-refractivity contribution >= 4 is 33.2 Å². The Morgan fingerprint density at radius 2 is 2.36 bits per heavy atom. The minimum atomic E-state index is -1.01. The zero-order valence-corrected chi connectivity index (χ0v) is 10.2. The Morgan fingerprint density at radius 3 is 2.71 bits per heavy atom. The van der Waals surface area contributed by atoms with Gasteiger partial charge in [-0.3, -0.25) is 4.79 Å². The van der Waals surface area contributed by atoms with E-state index in [2.05, 4.69) is 20.9 Å². The van der Waals surface area contributed by atoms with Gasteiger partial charge in [0.1, 0.15) is 11.0 Å². The zero-order valence-electron chi connectivity index (χ0n) is 7.82. The molecule has 4 nitrogen and oxygen atoms in total. The number of rotatable bonds is 3. The van der Waals surface area contributed by atoms with Crippen LogP contribution in [-0.4, -0.2) is 22.1 Å². The number of carboxylic acids is 1. The second kappa shape index (κ2) is 3.96. The fraction of sp³-hybridized carbons (Fsp3) is 0.500. The van der Waals surface area contributed by atoms with Gasteiger partial charge < -0.3 is 10.8 Å². The Hall–Kier alpha value is -0.460. The molecule has 0 spiro atoms. The van der Waals surface area contributed by atoms with Crippen LogP contribution in [0.5, 0.6) is 0 Å². The van der Waals surface area contributed by atoms with Gasteiger partial charge in [0.15, 0.2) is 0 Å². The zero-order chi connectivity index (χ0) is 10.9. The number of aromatic nitrogens is 1. The maximum Gasteiger partial charge on any atom is 0.321 e. The molecule has 14 heavy (non-hydrogen) atoms. The SMILES string of the molecule is CC(C)(c1ncc(Br)s1)C(N)C(=O)O. The molecule has 0 amide bonds. The highest BCUT2D eigenvalue weighted by atomic mass is 79.9. The molecule has 1 aromatic rings. The van der Waals surface area contributed by atoms with Crippen LogP contribution in [0.15, 0.2) is 9.98 Å². The van der Waals surface area contributed by atoms with E-state index < -0.39 is 17.4 Å². The molecule has 78 valence electrons. The predicted molar refractivity (Wildman–Crippen MR) is 58.5 cm³/mol. The van der Waals surface area contributed by atoms with Crippen molar-refractivity contribution in [2.75, 3.05) is 0 Å². The van der Waals surface area contributed by atoms with Crippen molar-refractivity contribution in [3.8, 4) is 0 Å². The lowest BCUT2D eigenvalue weighted by Crippen LogP contribution is -2.46. The fourth-order valence-electron chi connectivity index (χ4n) is 0.994. The van der Waals surface area contributed by atoms with E-state index in [0.29, 0.717) is 0 Å². The van der Waals surface area contributed by atoms with Gasteiger partial charge in [0.25, 0.3) is 0 Å². The summed E-state index contributed by atoms with van der Waals surface area (Å²) < 4.78 is 0.873. The molecule has 6 heteroatoms. The van der Waals surface area contributed by atoms with E-state index in [1.807, 2.05) is 0 Å². The predicted octanol–water partition coefficient (Wildman–Crippen LogP) is 1.60. The summed E-state index contributed by atoms with van der Waals surface area (Å²) in [5.74, 6) is -1.01. The summed E-state index contributed by atoms with van der Waals surface area (Å²) in [7, 11) is 0. The molecule has 1 atom stereocenters. The van der Waals surface area contributed by atoms with Crippen molar-refractivity contribution in [2.24, 2.45) is 5.73 Å². The third-order valence-corrected chi connectivity index (χ3v) is 3.89. The van der Waals surface area contributed by atoms with E-state index in [1.165, 1.54) is 11.3 Å². The van der Waals surface area contributed by atoms with E-state index >= 15 is 0 Å². The van der Waals surface area contributed by atoms with Crippen LogP contribution in [0.4, 0.5) is 0 Å². The molecule has 0 aliphatic carbocycles. The lowest BCUT2D eigenvalue weighted by atomic mass is 9.86. The largest absolute Gasteiger partial charge is 0.480 e. The first-order valence-corrected chi connectivity index (χ1v) is 5.57. The number of aliphatic carboxylic acids is 1. The summed E-state index contributed by atoms with van der Waals surface area (Å²) >= 11 is 4.68. The Bertz CT molecular complexity index is 351. The van der Waals surface area contributed by atoms with Gasteiger partial charge >= 0.3 is 5.97 Å². The molecule has 1 heterocycles. The standard InChI is InChI=1S/C8H11BrN2O2S/c1-8(2,5(10)6(12)13)7-11-3-4(9)14-7/h3,5H,10H2,1-2H3,(H,12,13). The van der Waals surface area contributed by atoms with Crippen LogP contribution in [0.3, 0.4) is 0 Å². The van der Waals surface area contributed by atoms with E-state index in [4.69, 9.17) is 10.8 Å². The third kappa shape index (κ3) is 2.13. The molecule has 0 aromatic carbocycles. The lowest BCUT2D eigenvalue weighted by molar-refractivity contribution is -0.140. The average Bonchev–Trinajstić information content (AvgIpc) is 2.50. The second-order valence-electron chi connectivity index (χ2n) is 3.51. The Kier molecular flexibility index (Phi) is 3.28. The third-order valence-electron chi connectivity index (χ3n) is 2.07. The van der Waals surface area contributed by atoms with E-state index in [1.54, 1.807) is 20.0 Å². The van der Waals surface area contributed by atoms with Crippen LogP contribution in [0.1, 0.15) is 18.9 Å². The van der Waals surface area contributed by atoms with E-state index in [9.17, 15) is 4.79 Å². The molecule has 0 saturated heterocycles. The summed E-state index contributed by atoms with van der Waals surface area (Å²) in [5, 5.41) is 9.55. The van der Waals surface area contributed by atoms with Crippen molar-refractivity contribution in [1.29, 1.82) is 0 Å². The van der Waals surface area contributed by atoms with Gasteiger partial charge in [-0.15, -0.1) is 11.3 Å². The second-order valence-corrected chi connectivity index (χ2v) is 5.92. The Balaban J connectivity index is 3.01. The Labute approximate surface area is 94.3 Å². The van der Waals surface area contributed by atoms with E-state index in [0.717, 1.165) is 8.79 Å². The molecular weight excluding hydrogens is 268 g/mol. The highest BCUT2D eigenvalue weighted by Crippen LogP contribution is 2.32. The van der Waals surface area contributed by atoms with Gasteiger partial charge in [-0.05, 0) is 15.9 Å². The first-order chi connectivity index (χ1) is 6.35. The minimum absolute atomic E-state index is 0.650. The number of hydrogen-bond acceptors (Lipinski definition) is 4. The van der Waals surface area contributed by atoms with Crippen molar-refractivity contribution in [3.63, 3.8) is 0 Å². The maximum absolute atomic E-state index is 10.8. The molecule has 0 bridgehead atoms. The van der Waals surface area contributed by atoms with Crippen LogP contribution >= 0.6 is 27.3 Å². The molecule has 0 aliphatic heterocycles. The number of carboxylic acid groups (broad SMARTS) is 1. The number of hydrogen-bond donors (Lipinski definition) is 2. The summed E-state index contributed by atoms with van der Waals surface area (Å²) in [4.78, 5) is 14.9. The molecule has 3 N–H and O–H groups in total. The van der Waals surface area contributed by atoms with Gasteiger partial charge in [-0.2, -0.15) is 0 Å². The van der Waals surface area contributed by atoms with E-state index in [-0.39, 0.29) is 0 Å². The van der Waals surface area contributed by atoms with Crippen LogP contribution in [-0.2, 0) is 10.2 Å². The smallest absolute Gasteiger partial charge is 0.321 e. The van der Waals surface area contributed by atoms with Crippen molar-refractivity contribution in [2.45, 2.75) is 25.3 Å². The molecule has 0 aliphatic rings. The van der Waals surface area contributed by atoms with Crippen LogP contribution in [0.2, 0.25) is 0 Å². The number of halogens is 1. The normalized spacial score (nSPS) is 14.0. The number of carbonyl (C=O) groups is 1. The van der Waals surface area contributed by atoms with Crippen molar-refractivity contribution in [3.05, 3.63) is 15.0 Å². The average molecular weight is 279 g/mol. The maximum atomic E-state index is 10.8. The van der Waals surface area contributed by atoms with Gasteiger partial charge in [-0.1, -0.05) is 13.8 Å². The number of nitrogens with two attached hydrogens (primary N) is 1. The molecule has 1 unspecified atom stereocenters. The Morgan fingerprint density at radius 1 is 1.79 bits per heavy atom. The summed E-state index contributed by atoms with van der Waals surface area (Å²) in [6.07, 6.45) is 1.65. The van der Waals surface area contributed by atoms with Crippen molar-refractivity contribution < 1.29 is 9.90 Å². The van der Waals surface area contributed by atoms with Crippen LogP contribution in [0, 0.1) is 0 Å². The van der Waals surface area contributed by atoms with Gasteiger partial charge in [0.05, 0.1) is 9.98 Å². The molecule has 1 rings (SSSR count). The fourth-order valence-corrected chi connectivity index (χ4v) is 2.34. The first-order valence-electron chi connectivity index (χ1n) is 3.96. The quantitative estimate of drug-likeness (QED) is 0.881. The van der Waals surface area contributed by atoms with Gasteiger partial charge in [0, 0.05) is 5.41 Å². The van der Waals surface area contributed by atoms with Crippen LogP contribution in [0.25, 0.3) is 0 Å².